The smallest absolute Gasteiger partial charge is 0.416 e. The number of hydrogen-bond acceptors (Lipinski definition) is 2. The van der Waals surface area contributed by atoms with E-state index in [-0.39, 0.29) is 6.07 Å². The zero-order valence-corrected chi connectivity index (χ0v) is 10.0. The molecule has 0 aliphatic heterocycles. The van der Waals surface area contributed by atoms with Crippen molar-refractivity contribution < 1.29 is 31.9 Å². The van der Waals surface area contributed by atoms with Crippen LogP contribution in [-0.4, -0.2) is 16.1 Å². The van der Waals surface area contributed by atoms with Gasteiger partial charge in [0.05, 0.1) is 12.0 Å². The number of rotatable bonds is 3. The van der Waals surface area contributed by atoms with Crippen molar-refractivity contribution in [1.29, 1.82) is 0 Å². The van der Waals surface area contributed by atoms with Crippen LogP contribution in [0.4, 0.5) is 22.0 Å². The number of hydrogen-bond donors (Lipinski definition) is 1. The first kappa shape index (κ1) is 14.8. The number of carbonyl (C=O) groups is 1. The van der Waals surface area contributed by atoms with Crippen LogP contribution in [0.15, 0.2) is 10.7 Å². The van der Waals surface area contributed by atoms with E-state index in [1.807, 2.05) is 0 Å². The van der Waals surface area contributed by atoms with Crippen LogP contribution in [-0.2, 0) is 17.4 Å². The van der Waals surface area contributed by atoms with Crippen molar-refractivity contribution in [1.82, 2.24) is 4.98 Å². The van der Waals surface area contributed by atoms with Gasteiger partial charge in [-0.25, -0.2) is 13.8 Å². The lowest BCUT2D eigenvalue weighted by Gasteiger charge is -2.14. The number of nitrogens with zero attached hydrogens (tertiary/aromatic N) is 1. The number of pyridine rings is 1. The lowest BCUT2D eigenvalue weighted by atomic mass is 10.1. The molecule has 0 atom stereocenters. The highest BCUT2D eigenvalue weighted by Crippen LogP contribution is 2.36. The Bertz CT molecular complexity index is 475. The van der Waals surface area contributed by atoms with Crippen molar-refractivity contribution in [3.05, 3.63) is 27.5 Å². The van der Waals surface area contributed by atoms with Crippen LogP contribution < -0.4 is 0 Å². The number of aliphatic carboxylic acids is 1. The molecule has 0 bridgehead atoms. The normalized spacial score (nSPS) is 11.9. The molecule has 0 spiro atoms. The summed E-state index contributed by atoms with van der Waals surface area (Å²) < 4.78 is 62.0. The van der Waals surface area contributed by atoms with E-state index in [0.717, 1.165) is 0 Å². The Balaban J connectivity index is 3.45. The molecule has 1 N–H and O–H groups in total. The second-order valence-electron chi connectivity index (χ2n) is 3.23. The predicted molar refractivity (Wildman–Crippen MR) is 53.2 cm³/mol. The van der Waals surface area contributed by atoms with Gasteiger partial charge in [-0.05, 0) is 22.0 Å². The lowest BCUT2D eigenvalue weighted by Crippen LogP contribution is -2.15. The highest BCUT2D eigenvalue weighted by atomic mass is 79.9. The molecule has 1 aromatic rings. The number of alkyl halides is 5. The third-order valence-corrected chi connectivity index (χ3v) is 2.61. The van der Waals surface area contributed by atoms with Crippen LogP contribution in [0.2, 0.25) is 0 Å². The zero-order chi connectivity index (χ0) is 14.1. The molecule has 0 saturated carbocycles. The van der Waals surface area contributed by atoms with E-state index in [1.54, 1.807) is 0 Å². The van der Waals surface area contributed by atoms with Crippen LogP contribution >= 0.6 is 15.9 Å². The van der Waals surface area contributed by atoms with E-state index in [9.17, 15) is 26.7 Å². The Morgan fingerprint density at radius 3 is 2.39 bits per heavy atom. The lowest BCUT2D eigenvalue weighted by molar-refractivity contribution is -0.139. The first-order valence-corrected chi connectivity index (χ1v) is 5.18. The van der Waals surface area contributed by atoms with Gasteiger partial charge in [-0.3, -0.25) is 4.79 Å². The largest absolute Gasteiger partial charge is 0.481 e. The minimum Gasteiger partial charge on any atom is -0.481 e. The van der Waals surface area contributed by atoms with Crippen molar-refractivity contribution in [3.63, 3.8) is 0 Å². The molecule has 0 aliphatic rings. The summed E-state index contributed by atoms with van der Waals surface area (Å²) in [5.41, 5.74) is -3.18. The third-order valence-electron chi connectivity index (χ3n) is 1.95. The predicted octanol–water partition coefficient (Wildman–Crippen LogP) is 3.43. The molecule has 0 aliphatic carbocycles. The van der Waals surface area contributed by atoms with Gasteiger partial charge in [-0.15, -0.1) is 0 Å². The van der Waals surface area contributed by atoms with Crippen LogP contribution in [0.5, 0.6) is 0 Å². The fraction of sp³-hybridized carbons (Fsp3) is 0.333. The maximum atomic E-state index is 12.6. The Kier molecular flexibility index (Phi) is 4.25. The molecule has 9 heteroatoms. The van der Waals surface area contributed by atoms with Crippen molar-refractivity contribution in [3.8, 4) is 0 Å². The molecular weight excluding hydrogens is 329 g/mol. The van der Waals surface area contributed by atoms with E-state index in [0.29, 0.717) is 0 Å². The average Bonchev–Trinajstić information content (AvgIpc) is 2.17. The van der Waals surface area contributed by atoms with Crippen LogP contribution in [0.3, 0.4) is 0 Å². The van der Waals surface area contributed by atoms with Crippen molar-refractivity contribution in [2.24, 2.45) is 0 Å². The van der Waals surface area contributed by atoms with Gasteiger partial charge in [0.1, 0.15) is 10.3 Å². The highest BCUT2D eigenvalue weighted by Gasteiger charge is 2.36. The molecule has 1 heterocycles. The van der Waals surface area contributed by atoms with Crippen LogP contribution in [0.25, 0.3) is 0 Å². The quantitative estimate of drug-likeness (QED) is 0.681. The van der Waals surface area contributed by atoms with E-state index in [1.165, 1.54) is 0 Å². The van der Waals surface area contributed by atoms with Gasteiger partial charge in [-0.2, -0.15) is 13.2 Å². The van der Waals surface area contributed by atoms with Crippen molar-refractivity contribution >= 4 is 21.9 Å². The summed E-state index contributed by atoms with van der Waals surface area (Å²) in [4.78, 5) is 13.7. The minimum absolute atomic E-state index is 0.160. The Hall–Kier alpha value is -1.25. The topological polar surface area (TPSA) is 50.2 Å². The molecular formula is C9H5BrF5NO2. The number of aromatic nitrogens is 1. The molecule has 0 radical (unpaired) electrons. The molecule has 0 fully saturated rings. The summed E-state index contributed by atoms with van der Waals surface area (Å²) in [6.07, 6.45) is -9.08. The third kappa shape index (κ3) is 3.37. The summed E-state index contributed by atoms with van der Waals surface area (Å²) in [5.74, 6) is -1.52. The van der Waals surface area contributed by atoms with E-state index in [4.69, 9.17) is 5.11 Å². The van der Waals surface area contributed by atoms with Gasteiger partial charge in [0.15, 0.2) is 0 Å². The SMILES string of the molecule is O=C(O)Cc1c(C(F)(F)F)cc(C(F)F)nc1Br. The molecule has 1 rings (SSSR count). The molecule has 18 heavy (non-hydrogen) atoms. The summed E-state index contributed by atoms with van der Waals surface area (Å²) in [6.45, 7) is 0. The summed E-state index contributed by atoms with van der Waals surface area (Å²) in [6, 6.07) is 0.160. The first-order valence-electron chi connectivity index (χ1n) is 4.39. The summed E-state index contributed by atoms with van der Waals surface area (Å²) in [7, 11) is 0. The number of carboxylic acid groups (broad SMARTS) is 1. The fourth-order valence-corrected chi connectivity index (χ4v) is 1.80. The van der Waals surface area contributed by atoms with Crippen LogP contribution in [0.1, 0.15) is 23.2 Å². The standard InChI is InChI=1S/C9H5BrF5NO2/c10-7-3(1-6(17)18)4(9(13,14)15)2-5(16-7)8(11)12/h2,8H,1H2,(H,17,18). The second kappa shape index (κ2) is 5.17. The second-order valence-corrected chi connectivity index (χ2v) is 3.98. The Labute approximate surface area is 106 Å². The first-order chi connectivity index (χ1) is 8.12. The molecule has 1 aromatic heterocycles. The van der Waals surface area contributed by atoms with E-state index >= 15 is 0 Å². The van der Waals surface area contributed by atoms with Gasteiger partial charge in [0.25, 0.3) is 6.43 Å². The fourth-order valence-electron chi connectivity index (χ4n) is 1.24. The maximum absolute atomic E-state index is 12.6. The summed E-state index contributed by atoms with van der Waals surface area (Å²) in [5, 5.41) is 8.50. The van der Waals surface area contributed by atoms with E-state index < -0.39 is 46.4 Å². The van der Waals surface area contributed by atoms with Crippen molar-refractivity contribution in [2.45, 2.75) is 19.0 Å². The maximum Gasteiger partial charge on any atom is 0.416 e. The zero-order valence-electron chi connectivity index (χ0n) is 8.43. The molecule has 0 saturated heterocycles. The summed E-state index contributed by atoms with van der Waals surface area (Å²) >= 11 is 2.58. The number of halogens is 6. The van der Waals surface area contributed by atoms with Crippen molar-refractivity contribution in [2.75, 3.05) is 0 Å². The number of carboxylic acids is 1. The average molecular weight is 334 g/mol. The highest BCUT2D eigenvalue weighted by molar-refractivity contribution is 9.10. The molecule has 0 amide bonds. The monoisotopic (exact) mass is 333 g/mol. The molecule has 0 unspecified atom stereocenters. The van der Waals surface area contributed by atoms with Gasteiger partial charge >= 0.3 is 12.1 Å². The van der Waals surface area contributed by atoms with Gasteiger partial charge < -0.3 is 5.11 Å². The Morgan fingerprint density at radius 2 is 2.00 bits per heavy atom. The Morgan fingerprint density at radius 1 is 1.44 bits per heavy atom. The van der Waals surface area contributed by atoms with Crippen LogP contribution in [0, 0.1) is 0 Å². The van der Waals surface area contributed by atoms with Gasteiger partial charge in [0.2, 0.25) is 0 Å². The molecule has 100 valence electrons. The minimum atomic E-state index is -4.93. The van der Waals surface area contributed by atoms with Gasteiger partial charge in [0, 0.05) is 5.56 Å². The van der Waals surface area contributed by atoms with Gasteiger partial charge in [-0.1, -0.05) is 0 Å². The molecule has 0 aromatic carbocycles. The van der Waals surface area contributed by atoms with E-state index in [2.05, 4.69) is 20.9 Å². The molecule has 3 nitrogen and oxygen atoms in total.